The minimum Gasteiger partial charge on any atom is -0.355 e. The second kappa shape index (κ2) is 7.84. The summed E-state index contributed by atoms with van der Waals surface area (Å²) in [5.41, 5.74) is 0.992. The number of likely N-dealkylation sites (tertiary alicyclic amines) is 1. The van der Waals surface area contributed by atoms with Gasteiger partial charge >= 0.3 is 0 Å². The van der Waals surface area contributed by atoms with E-state index < -0.39 is 0 Å². The van der Waals surface area contributed by atoms with Crippen LogP contribution in [0, 0.1) is 5.92 Å². The molecule has 1 aromatic carbocycles. The summed E-state index contributed by atoms with van der Waals surface area (Å²) in [6.07, 6.45) is 2.38. The summed E-state index contributed by atoms with van der Waals surface area (Å²) in [5.74, 6) is -0.0641. The van der Waals surface area contributed by atoms with Crippen molar-refractivity contribution in [3.8, 4) is 0 Å². The van der Waals surface area contributed by atoms with Crippen molar-refractivity contribution in [3.05, 3.63) is 33.8 Å². The number of benzene rings is 1. The first-order valence-electron chi connectivity index (χ1n) is 7.44. The smallest absolute Gasteiger partial charge is 0.224 e. The van der Waals surface area contributed by atoms with Gasteiger partial charge in [-0.3, -0.25) is 9.59 Å². The third-order valence-corrected chi connectivity index (χ3v) is 4.31. The van der Waals surface area contributed by atoms with Gasteiger partial charge in [0.2, 0.25) is 11.8 Å². The van der Waals surface area contributed by atoms with E-state index in [1.54, 1.807) is 17.9 Å². The van der Waals surface area contributed by atoms with Crippen LogP contribution in [-0.2, 0) is 16.0 Å². The van der Waals surface area contributed by atoms with Gasteiger partial charge in [0.15, 0.2) is 0 Å². The Labute approximate surface area is 140 Å². The van der Waals surface area contributed by atoms with Crippen molar-refractivity contribution in [1.29, 1.82) is 0 Å². The first-order valence-corrected chi connectivity index (χ1v) is 8.19. The number of hydrogen-bond donors (Lipinski definition) is 1. The topological polar surface area (TPSA) is 49.4 Å². The molecular formula is C16H20Cl2N2O2. The molecule has 0 spiro atoms. The molecule has 0 bridgehead atoms. The predicted molar refractivity (Wildman–Crippen MR) is 88.2 cm³/mol. The standard InChI is InChI=1S/C16H20Cl2N2O2/c1-11(21)20-6-2-3-13(10-20)16(22)19-5-4-12-7-14(17)9-15(18)8-12/h7-9,13H,2-6,10H2,1H3,(H,19,22)/t13-/m0/s1. The van der Waals surface area contributed by atoms with E-state index in [-0.39, 0.29) is 17.7 Å². The van der Waals surface area contributed by atoms with Crippen molar-refractivity contribution < 1.29 is 9.59 Å². The summed E-state index contributed by atoms with van der Waals surface area (Å²) in [7, 11) is 0. The SMILES string of the molecule is CC(=O)N1CCC[C@H](C(=O)NCCc2cc(Cl)cc(Cl)c2)C1. The fourth-order valence-corrected chi connectivity index (χ4v) is 3.28. The number of piperidine rings is 1. The first-order chi connectivity index (χ1) is 10.5. The van der Waals surface area contributed by atoms with Crippen LogP contribution < -0.4 is 5.32 Å². The highest BCUT2D eigenvalue weighted by Crippen LogP contribution is 2.19. The summed E-state index contributed by atoms with van der Waals surface area (Å²) in [4.78, 5) is 25.3. The maximum Gasteiger partial charge on any atom is 0.224 e. The number of hydrogen-bond acceptors (Lipinski definition) is 2. The molecule has 1 fully saturated rings. The lowest BCUT2D eigenvalue weighted by Gasteiger charge is -2.31. The van der Waals surface area contributed by atoms with Crippen LogP contribution >= 0.6 is 23.2 Å². The molecule has 2 amide bonds. The Balaban J connectivity index is 1.81. The highest BCUT2D eigenvalue weighted by Gasteiger charge is 2.26. The predicted octanol–water partition coefficient (Wildman–Crippen LogP) is 2.91. The molecule has 120 valence electrons. The second-order valence-electron chi connectivity index (χ2n) is 5.62. The number of amides is 2. The van der Waals surface area contributed by atoms with Crippen LogP contribution in [0.2, 0.25) is 10.0 Å². The molecule has 0 aromatic heterocycles. The lowest BCUT2D eigenvalue weighted by Crippen LogP contribution is -2.45. The van der Waals surface area contributed by atoms with Gasteiger partial charge in [-0.1, -0.05) is 23.2 Å². The molecule has 4 nitrogen and oxygen atoms in total. The van der Waals surface area contributed by atoms with Gasteiger partial charge in [0.1, 0.15) is 0 Å². The fourth-order valence-electron chi connectivity index (χ4n) is 2.71. The van der Waals surface area contributed by atoms with Crippen LogP contribution in [0.15, 0.2) is 18.2 Å². The van der Waals surface area contributed by atoms with E-state index >= 15 is 0 Å². The van der Waals surface area contributed by atoms with Crippen molar-refractivity contribution in [2.75, 3.05) is 19.6 Å². The van der Waals surface area contributed by atoms with Crippen LogP contribution in [0.4, 0.5) is 0 Å². The maximum atomic E-state index is 12.2. The highest BCUT2D eigenvalue weighted by molar-refractivity contribution is 6.34. The number of halogens is 2. The van der Waals surface area contributed by atoms with Crippen molar-refractivity contribution >= 4 is 35.0 Å². The molecule has 1 heterocycles. The van der Waals surface area contributed by atoms with E-state index in [2.05, 4.69) is 5.32 Å². The van der Waals surface area contributed by atoms with Gasteiger partial charge in [-0.25, -0.2) is 0 Å². The van der Waals surface area contributed by atoms with Crippen molar-refractivity contribution in [3.63, 3.8) is 0 Å². The van der Waals surface area contributed by atoms with E-state index in [0.717, 1.165) is 24.9 Å². The van der Waals surface area contributed by atoms with E-state index in [9.17, 15) is 9.59 Å². The summed E-state index contributed by atoms with van der Waals surface area (Å²) >= 11 is 11.9. The molecule has 2 rings (SSSR count). The molecule has 1 saturated heterocycles. The summed E-state index contributed by atoms with van der Waals surface area (Å²) < 4.78 is 0. The average Bonchev–Trinajstić information content (AvgIpc) is 2.46. The molecule has 0 aliphatic carbocycles. The lowest BCUT2D eigenvalue weighted by molar-refractivity contribution is -0.133. The van der Waals surface area contributed by atoms with E-state index in [1.807, 2.05) is 12.1 Å². The monoisotopic (exact) mass is 342 g/mol. The number of rotatable bonds is 4. The van der Waals surface area contributed by atoms with Gasteiger partial charge in [0.05, 0.1) is 5.92 Å². The third-order valence-electron chi connectivity index (χ3n) is 3.87. The molecule has 22 heavy (non-hydrogen) atoms. The first kappa shape index (κ1) is 17.1. The minimum atomic E-state index is -0.111. The van der Waals surface area contributed by atoms with E-state index in [0.29, 0.717) is 29.6 Å². The lowest BCUT2D eigenvalue weighted by atomic mass is 9.97. The number of carbonyl (C=O) groups is 2. The quantitative estimate of drug-likeness (QED) is 0.914. The Morgan fingerprint density at radius 2 is 1.95 bits per heavy atom. The molecular weight excluding hydrogens is 323 g/mol. The Morgan fingerprint density at radius 1 is 1.27 bits per heavy atom. The Hall–Kier alpha value is -1.26. The van der Waals surface area contributed by atoms with Gasteiger partial charge in [-0.15, -0.1) is 0 Å². The number of nitrogens with one attached hydrogen (secondary N) is 1. The van der Waals surface area contributed by atoms with Crippen molar-refractivity contribution in [2.24, 2.45) is 5.92 Å². The van der Waals surface area contributed by atoms with Crippen molar-refractivity contribution in [1.82, 2.24) is 10.2 Å². The molecule has 1 atom stereocenters. The summed E-state index contributed by atoms with van der Waals surface area (Å²) in [6.45, 7) is 3.35. The van der Waals surface area contributed by atoms with E-state index in [4.69, 9.17) is 23.2 Å². The normalized spacial score (nSPS) is 18.1. The largest absolute Gasteiger partial charge is 0.355 e. The zero-order valence-corrected chi connectivity index (χ0v) is 14.1. The molecule has 0 saturated carbocycles. The number of carbonyl (C=O) groups excluding carboxylic acids is 2. The molecule has 6 heteroatoms. The zero-order chi connectivity index (χ0) is 16.1. The van der Waals surface area contributed by atoms with Crippen LogP contribution in [0.3, 0.4) is 0 Å². The highest BCUT2D eigenvalue weighted by atomic mass is 35.5. The van der Waals surface area contributed by atoms with Gasteiger partial charge in [-0.05, 0) is 43.0 Å². The Bertz CT molecular complexity index is 543. The van der Waals surface area contributed by atoms with Gasteiger partial charge in [0, 0.05) is 36.6 Å². The van der Waals surface area contributed by atoms with Crippen LogP contribution in [0.1, 0.15) is 25.3 Å². The minimum absolute atomic E-state index is 0.0130. The molecule has 0 unspecified atom stereocenters. The molecule has 0 radical (unpaired) electrons. The number of nitrogens with zero attached hydrogens (tertiary/aromatic N) is 1. The Kier molecular flexibility index (Phi) is 6.09. The van der Waals surface area contributed by atoms with Crippen molar-refractivity contribution in [2.45, 2.75) is 26.2 Å². The van der Waals surface area contributed by atoms with E-state index in [1.165, 1.54) is 0 Å². The van der Waals surface area contributed by atoms with Gasteiger partial charge < -0.3 is 10.2 Å². The summed E-state index contributed by atoms with van der Waals surface area (Å²) in [5, 5.41) is 4.13. The molecule has 1 N–H and O–H groups in total. The van der Waals surface area contributed by atoms with Crippen LogP contribution in [-0.4, -0.2) is 36.3 Å². The molecule has 1 aliphatic heterocycles. The molecule has 1 aliphatic rings. The zero-order valence-electron chi connectivity index (χ0n) is 12.6. The van der Waals surface area contributed by atoms with Crippen LogP contribution in [0.5, 0.6) is 0 Å². The Morgan fingerprint density at radius 3 is 2.59 bits per heavy atom. The molecule has 1 aromatic rings. The second-order valence-corrected chi connectivity index (χ2v) is 6.50. The van der Waals surface area contributed by atoms with Crippen LogP contribution in [0.25, 0.3) is 0 Å². The summed E-state index contributed by atoms with van der Waals surface area (Å²) in [6, 6.07) is 5.37. The fraction of sp³-hybridized carbons (Fsp3) is 0.500. The average molecular weight is 343 g/mol. The third kappa shape index (κ3) is 4.89. The van der Waals surface area contributed by atoms with Gasteiger partial charge in [-0.2, -0.15) is 0 Å². The van der Waals surface area contributed by atoms with Gasteiger partial charge in [0.25, 0.3) is 0 Å². The maximum absolute atomic E-state index is 12.2.